The van der Waals surface area contributed by atoms with Gasteiger partial charge >= 0.3 is 0 Å². The average molecular weight is 363 g/mol. The first-order valence-electron chi connectivity index (χ1n) is 5.68. The minimum absolute atomic E-state index is 0.00336. The van der Waals surface area contributed by atoms with Crippen molar-refractivity contribution in [1.29, 1.82) is 0 Å². The van der Waals surface area contributed by atoms with E-state index in [1.807, 2.05) is 18.2 Å². The zero-order valence-corrected chi connectivity index (χ0v) is 12.5. The highest BCUT2D eigenvalue weighted by atomic mass is 127. The Kier molecular flexibility index (Phi) is 6.81. The van der Waals surface area contributed by atoms with Crippen LogP contribution in [-0.2, 0) is 9.53 Å². The number of benzene rings is 1. The lowest BCUT2D eigenvalue weighted by Gasteiger charge is -2.09. The van der Waals surface area contributed by atoms with Gasteiger partial charge in [-0.15, -0.1) is 0 Å². The monoisotopic (exact) mass is 363 g/mol. The molecule has 1 amide bonds. The van der Waals surface area contributed by atoms with Gasteiger partial charge in [0.05, 0.1) is 18.0 Å². The first-order valence-corrected chi connectivity index (χ1v) is 6.76. The molecular formula is C12H18IN3O2. The molecule has 0 aromatic heterocycles. The van der Waals surface area contributed by atoms with Crippen LogP contribution in [-0.4, -0.2) is 32.7 Å². The van der Waals surface area contributed by atoms with Gasteiger partial charge in [0.1, 0.15) is 0 Å². The molecule has 1 rings (SSSR count). The minimum Gasteiger partial charge on any atom is -0.397 e. The molecular weight excluding hydrogens is 345 g/mol. The van der Waals surface area contributed by atoms with Gasteiger partial charge in [0.25, 0.3) is 0 Å². The van der Waals surface area contributed by atoms with Crippen molar-refractivity contribution in [2.75, 3.05) is 37.9 Å². The summed E-state index contributed by atoms with van der Waals surface area (Å²) in [5.41, 5.74) is 7.41. The average Bonchev–Trinajstić information content (AvgIpc) is 2.32. The van der Waals surface area contributed by atoms with Crippen LogP contribution in [0.25, 0.3) is 0 Å². The highest BCUT2D eigenvalue weighted by Crippen LogP contribution is 2.20. The summed E-state index contributed by atoms with van der Waals surface area (Å²) in [5.74, 6) is 0.00336. The SMILES string of the molecule is COCCNC(=O)CCNc1ccc(I)cc1N. The lowest BCUT2D eigenvalue weighted by atomic mass is 10.2. The van der Waals surface area contributed by atoms with Crippen LogP contribution in [0, 0.1) is 3.57 Å². The molecule has 0 aliphatic carbocycles. The molecule has 0 unspecified atom stereocenters. The summed E-state index contributed by atoms with van der Waals surface area (Å²) < 4.78 is 5.94. The molecule has 100 valence electrons. The van der Waals surface area contributed by atoms with E-state index >= 15 is 0 Å². The van der Waals surface area contributed by atoms with Crippen LogP contribution in [0.1, 0.15) is 6.42 Å². The molecule has 1 aromatic carbocycles. The molecule has 0 aliphatic heterocycles. The van der Waals surface area contributed by atoms with E-state index in [1.165, 1.54) is 0 Å². The number of rotatable bonds is 7. The fourth-order valence-corrected chi connectivity index (χ4v) is 1.90. The molecule has 0 aliphatic rings. The topological polar surface area (TPSA) is 76.4 Å². The predicted octanol–water partition coefficient (Wildman–Crippen LogP) is 1.44. The Hall–Kier alpha value is -1.02. The van der Waals surface area contributed by atoms with Gasteiger partial charge in [-0.05, 0) is 40.8 Å². The Balaban J connectivity index is 2.26. The number of hydrogen-bond acceptors (Lipinski definition) is 4. The standard InChI is InChI=1S/C12H18IN3O2/c1-18-7-6-16-12(17)4-5-15-11-3-2-9(13)8-10(11)14/h2-3,8,15H,4-7,14H2,1H3,(H,16,17). The molecule has 0 heterocycles. The number of nitrogens with one attached hydrogen (secondary N) is 2. The van der Waals surface area contributed by atoms with Crippen LogP contribution in [0.2, 0.25) is 0 Å². The van der Waals surface area contributed by atoms with Crippen molar-refractivity contribution in [2.24, 2.45) is 0 Å². The summed E-state index contributed by atoms with van der Waals surface area (Å²) in [6, 6.07) is 5.78. The van der Waals surface area contributed by atoms with Crippen molar-refractivity contribution in [2.45, 2.75) is 6.42 Å². The summed E-state index contributed by atoms with van der Waals surface area (Å²) in [5, 5.41) is 5.90. The van der Waals surface area contributed by atoms with Gasteiger partial charge in [0.2, 0.25) is 5.91 Å². The number of methoxy groups -OCH3 is 1. The minimum atomic E-state index is 0.00336. The van der Waals surface area contributed by atoms with Crippen molar-refractivity contribution in [1.82, 2.24) is 5.32 Å². The molecule has 6 heteroatoms. The van der Waals surface area contributed by atoms with E-state index in [4.69, 9.17) is 10.5 Å². The molecule has 0 fully saturated rings. The van der Waals surface area contributed by atoms with Gasteiger partial charge in [-0.25, -0.2) is 0 Å². The van der Waals surface area contributed by atoms with Gasteiger partial charge in [0.15, 0.2) is 0 Å². The molecule has 0 spiro atoms. The largest absolute Gasteiger partial charge is 0.397 e. The lowest BCUT2D eigenvalue weighted by Crippen LogP contribution is -2.28. The van der Waals surface area contributed by atoms with Crippen LogP contribution < -0.4 is 16.4 Å². The second kappa shape index (κ2) is 8.15. The maximum Gasteiger partial charge on any atom is 0.221 e. The van der Waals surface area contributed by atoms with Gasteiger partial charge in [-0.1, -0.05) is 0 Å². The molecule has 18 heavy (non-hydrogen) atoms. The first kappa shape index (κ1) is 15.0. The van der Waals surface area contributed by atoms with Crippen molar-refractivity contribution in [3.8, 4) is 0 Å². The number of carbonyl (C=O) groups is 1. The number of hydrogen-bond donors (Lipinski definition) is 3. The van der Waals surface area contributed by atoms with Crippen LogP contribution in [0.5, 0.6) is 0 Å². The van der Waals surface area contributed by atoms with Crippen LogP contribution in [0.4, 0.5) is 11.4 Å². The molecule has 4 N–H and O–H groups in total. The third kappa shape index (κ3) is 5.54. The molecule has 0 atom stereocenters. The van der Waals surface area contributed by atoms with Crippen LogP contribution >= 0.6 is 22.6 Å². The quantitative estimate of drug-likeness (QED) is 0.389. The van der Waals surface area contributed by atoms with Crippen molar-refractivity contribution in [3.63, 3.8) is 0 Å². The molecule has 0 saturated heterocycles. The first-order chi connectivity index (χ1) is 8.63. The molecule has 1 aromatic rings. The smallest absolute Gasteiger partial charge is 0.221 e. The van der Waals surface area contributed by atoms with Crippen LogP contribution in [0.15, 0.2) is 18.2 Å². The predicted molar refractivity (Wildman–Crippen MR) is 81.6 cm³/mol. The Bertz CT molecular complexity index is 399. The third-order valence-corrected chi connectivity index (χ3v) is 2.98. The van der Waals surface area contributed by atoms with Crippen LogP contribution in [0.3, 0.4) is 0 Å². The zero-order chi connectivity index (χ0) is 13.4. The number of nitrogens with two attached hydrogens (primary N) is 1. The number of halogens is 1. The molecule has 5 nitrogen and oxygen atoms in total. The lowest BCUT2D eigenvalue weighted by molar-refractivity contribution is -0.121. The van der Waals surface area contributed by atoms with Crippen molar-refractivity contribution < 1.29 is 9.53 Å². The Morgan fingerprint density at radius 3 is 2.89 bits per heavy atom. The molecule has 0 radical (unpaired) electrons. The van der Waals surface area contributed by atoms with E-state index < -0.39 is 0 Å². The second-order valence-corrected chi connectivity index (χ2v) is 5.00. The van der Waals surface area contributed by atoms with Gasteiger partial charge < -0.3 is 21.1 Å². The zero-order valence-electron chi connectivity index (χ0n) is 10.3. The van der Waals surface area contributed by atoms with E-state index in [2.05, 4.69) is 33.2 Å². The normalized spacial score (nSPS) is 10.1. The Labute approximate surface area is 121 Å². The highest BCUT2D eigenvalue weighted by molar-refractivity contribution is 14.1. The van der Waals surface area contributed by atoms with E-state index in [0.29, 0.717) is 31.8 Å². The maximum absolute atomic E-state index is 11.4. The Morgan fingerprint density at radius 2 is 2.22 bits per heavy atom. The summed E-state index contributed by atoms with van der Waals surface area (Å²) in [4.78, 5) is 11.4. The summed E-state index contributed by atoms with van der Waals surface area (Å²) in [7, 11) is 1.60. The van der Waals surface area contributed by atoms with E-state index in [-0.39, 0.29) is 5.91 Å². The summed E-state index contributed by atoms with van der Waals surface area (Å²) in [6.45, 7) is 1.63. The number of amides is 1. The number of ether oxygens (including phenoxy) is 1. The third-order valence-electron chi connectivity index (χ3n) is 2.31. The van der Waals surface area contributed by atoms with Gasteiger partial charge in [-0.3, -0.25) is 4.79 Å². The second-order valence-electron chi connectivity index (χ2n) is 3.75. The molecule has 0 bridgehead atoms. The van der Waals surface area contributed by atoms with E-state index in [0.717, 1.165) is 9.26 Å². The highest BCUT2D eigenvalue weighted by Gasteiger charge is 2.02. The van der Waals surface area contributed by atoms with Gasteiger partial charge in [-0.2, -0.15) is 0 Å². The number of anilines is 2. The summed E-state index contributed by atoms with van der Waals surface area (Å²) >= 11 is 2.21. The van der Waals surface area contributed by atoms with E-state index in [1.54, 1.807) is 7.11 Å². The van der Waals surface area contributed by atoms with Gasteiger partial charge in [0, 0.05) is 30.2 Å². The Morgan fingerprint density at radius 1 is 1.44 bits per heavy atom. The molecule has 0 saturated carbocycles. The van der Waals surface area contributed by atoms with E-state index in [9.17, 15) is 4.79 Å². The van der Waals surface area contributed by atoms with Crippen molar-refractivity contribution >= 4 is 39.9 Å². The number of nitrogen functional groups attached to an aromatic ring is 1. The fourth-order valence-electron chi connectivity index (χ4n) is 1.39. The fraction of sp³-hybridized carbons (Fsp3) is 0.417. The van der Waals surface area contributed by atoms with Crippen molar-refractivity contribution in [3.05, 3.63) is 21.8 Å². The summed E-state index contributed by atoms with van der Waals surface area (Å²) in [6.07, 6.45) is 0.412. The number of carbonyl (C=O) groups excluding carboxylic acids is 1. The maximum atomic E-state index is 11.4.